The second-order valence-corrected chi connectivity index (χ2v) is 12.4. The van der Waals surface area contributed by atoms with Crippen molar-refractivity contribution < 1.29 is 17.6 Å². The molecule has 1 saturated carbocycles. The lowest BCUT2D eigenvalue weighted by atomic mass is 10.1. The highest BCUT2D eigenvalue weighted by Crippen LogP contribution is 2.33. The summed E-state index contributed by atoms with van der Waals surface area (Å²) in [5.41, 5.74) is 3.95. The first-order valence-corrected chi connectivity index (χ1v) is 15.2. The lowest BCUT2D eigenvalue weighted by Gasteiger charge is -2.08. The number of amides is 1. The van der Waals surface area contributed by atoms with Gasteiger partial charge in [0, 0.05) is 30.5 Å². The van der Waals surface area contributed by atoms with Crippen molar-refractivity contribution in [3.63, 3.8) is 0 Å². The number of rotatable bonds is 8. The number of aromatic nitrogens is 6. The van der Waals surface area contributed by atoms with Crippen molar-refractivity contribution in [1.29, 1.82) is 0 Å². The summed E-state index contributed by atoms with van der Waals surface area (Å²) in [5, 5.41) is 7.21. The molecular formula is C29H28FN7O3S. The summed E-state index contributed by atoms with van der Waals surface area (Å²) in [7, 11) is -3.27. The zero-order valence-electron chi connectivity index (χ0n) is 22.3. The molecule has 0 atom stereocenters. The van der Waals surface area contributed by atoms with Gasteiger partial charge >= 0.3 is 0 Å². The third-order valence-electron chi connectivity index (χ3n) is 7.34. The topological polar surface area (TPSA) is 136 Å². The number of sulfone groups is 1. The Morgan fingerprint density at radius 3 is 2.61 bits per heavy atom. The smallest absolute Gasteiger partial charge is 0.272 e. The maximum absolute atomic E-state index is 14.6. The summed E-state index contributed by atoms with van der Waals surface area (Å²) >= 11 is 0. The number of hydrogen-bond acceptors (Lipinski definition) is 7. The van der Waals surface area contributed by atoms with Crippen LogP contribution in [0.4, 0.5) is 4.39 Å². The van der Waals surface area contributed by atoms with Gasteiger partial charge in [0.1, 0.15) is 23.5 Å². The van der Waals surface area contributed by atoms with Crippen molar-refractivity contribution >= 4 is 26.9 Å². The fourth-order valence-corrected chi connectivity index (χ4v) is 5.85. The number of carbonyl (C=O) groups excluding carboxylic acids is 1. The highest BCUT2D eigenvalue weighted by molar-refractivity contribution is 7.90. The summed E-state index contributed by atoms with van der Waals surface area (Å²) in [6.07, 6.45) is 10.4. The van der Waals surface area contributed by atoms with Crippen LogP contribution in [-0.4, -0.2) is 50.3 Å². The van der Waals surface area contributed by atoms with Crippen molar-refractivity contribution in [1.82, 2.24) is 35.0 Å². The number of fused-ring (bicyclic) bond motifs is 1. The van der Waals surface area contributed by atoms with Crippen molar-refractivity contribution in [2.24, 2.45) is 0 Å². The first kappa shape index (κ1) is 26.8. The largest absolute Gasteiger partial charge is 0.347 e. The number of imidazole rings is 1. The van der Waals surface area contributed by atoms with E-state index in [1.165, 1.54) is 24.7 Å². The molecule has 10 nitrogen and oxygen atoms in total. The van der Waals surface area contributed by atoms with E-state index in [-0.39, 0.29) is 17.1 Å². The molecule has 210 valence electrons. The second kappa shape index (κ2) is 10.8. The maximum Gasteiger partial charge on any atom is 0.272 e. The predicted molar refractivity (Wildman–Crippen MR) is 150 cm³/mol. The first-order valence-electron chi connectivity index (χ1n) is 13.3. The number of hydrogen-bond donors (Lipinski definition) is 2. The van der Waals surface area contributed by atoms with E-state index in [0.29, 0.717) is 40.3 Å². The van der Waals surface area contributed by atoms with Gasteiger partial charge in [0.05, 0.1) is 17.6 Å². The standard InChI is InChI=1S/C29H28FN7O3S/c1-41(39,40)24-8-6-18(7-9-24)15-37-16-22(14-34-37)21-10-19(11-23(30)12-21)13-31-29(38)26-25-28(33-17-32-26)36-27(35-25)20-4-2-3-5-20/h6-12,14,16-17,20H,2-5,13,15H2,1H3,(H,31,38)(H,32,33,35,36). The fraction of sp³-hybridized carbons (Fsp3) is 0.276. The Morgan fingerprint density at radius 1 is 1.07 bits per heavy atom. The van der Waals surface area contributed by atoms with Gasteiger partial charge in [-0.05, 0) is 59.9 Å². The van der Waals surface area contributed by atoms with Gasteiger partial charge in [0.15, 0.2) is 21.2 Å². The third-order valence-corrected chi connectivity index (χ3v) is 8.47. The average molecular weight is 574 g/mol. The molecule has 2 N–H and O–H groups in total. The molecule has 1 aliphatic rings. The van der Waals surface area contributed by atoms with Crippen molar-refractivity contribution in [3.05, 3.63) is 89.6 Å². The van der Waals surface area contributed by atoms with Crippen LogP contribution < -0.4 is 5.32 Å². The normalized spacial score (nSPS) is 14.1. The van der Waals surface area contributed by atoms with Crippen molar-refractivity contribution in [2.45, 2.75) is 49.6 Å². The van der Waals surface area contributed by atoms with Gasteiger partial charge in [-0.2, -0.15) is 5.10 Å². The molecule has 0 unspecified atom stereocenters. The molecule has 0 radical (unpaired) electrons. The van der Waals surface area contributed by atoms with Crippen LogP contribution in [-0.2, 0) is 22.9 Å². The van der Waals surface area contributed by atoms with E-state index in [4.69, 9.17) is 0 Å². The van der Waals surface area contributed by atoms with Crippen LogP contribution in [0.1, 0.15) is 59.0 Å². The van der Waals surface area contributed by atoms with E-state index in [9.17, 15) is 17.6 Å². The number of carbonyl (C=O) groups is 1. The highest BCUT2D eigenvalue weighted by atomic mass is 32.2. The van der Waals surface area contributed by atoms with Crippen molar-refractivity contribution in [3.8, 4) is 11.1 Å². The highest BCUT2D eigenvalue weighted by Gasteiger charge is 2.23. The third kappa shape index (κ3) is 5.87. The fourth-order valence-electron chi connectivity index (χ4n) is 5.22. The van der Waals surface area contributed by atoms with E-state index >= 15 is 0 Å². The number of H-pyrrole nitrogens is 1. The zero-order valence-corrected chi connectivity index (χ0v) is 23.2. The van der Waals surface area contributed by atoms with Gasteiger partial charge in [0.25, 0.3) is 5.91 Å². The summed E-state index contributed by atoms with van der Waals surface area (Å²) in [6, 6.07) is 11.2. The number of aromatic amines is 1. The Morgan fingerprint density at radius 2 is 1.85 bits per heavy atom. The molecule has 6 rings (SSSR count). The number of benzene rings is 2. The van der Waals surface area contributed by atoms with Crippen molar-refractivity contribution in [2.75, 3.05) is 6.26 Å². The van der Waals surface area contributed by atoms with E-state index in [2.05, 4.69) is 30.4 Å². The minimum absolute atomic E-state index is 0.0968. The Balaban J connectivity index is 1.15. The molecule has 12 heteroatoms. The van der Waals surface area contributed by atoms with Crippen LogP contribution in [0.25, 0.3) is 22.3 Å². The van der Waals surface area contributed by atoms with Gasteiger partial charge in [-0.15, -0.1) is 0 Å². The second-order valence-electron chi connectivity index (χ2n) is 10.4. The summed E-state index contributed by atoms with van der Waals surface area (Å²) in [4.78, 5) is 29.6. The van der Waals surface area contributed by atoms with Crippen LogP contribution in [0.2, 0.25) is 0 Å². The SMILES string of the molecule is CS(=O)(=O)c1ccc(Cn2cc(-c3cc(F)cc(CNC(=O)c4ncnc5nc(C6CCCC6)[nH]c45)c3)cn2)cc1. The lowest BCUT2D eigenvalue weighted by molar-refractivity contribution is 0.0947. The number of halogens is 1. The average Bonchev–Trinajstić information content (AvgIpc) is 3.72. The monoisotopic (exact) mass is 573 g/mol. The summed E-state index contributed by atoms with van der Waals surface area (Å²) < 4.78 is 39.7. The summed E-state index contributed by atoms with van der Waals surface area (Å²) in [5.74, 6) is 0.346. The minimum Gasteiger partial charge on any atom is -0.347 e. The van der Waals surface area contributed by atoms with E-state index < -0.39 is 21.6 Å². The zero-order chi connectivity index (χ0) is 28.6. The van der Waals surface area contributed by atoms with Crippen LogP contribution >= 0.6 is 0 Å². The van der Waals surface area contributed by atoms with E-state index in [1.807, 2.05) is 0 Å². The predicted octanol–water partition coefficient (Wildman–Crippen LogP) is 4.39. The molecule has 0 bridgehead atoms. The Hall–Kier alpha value is -4.45. The van der Waals surface area contributed by atoms with Gasteiger partial charge in [-0.3, -0.25) is 9.48 Å². The molecule has 5 aromatic rings. The number of nitrogens with one attached hydrogen (secondary N) is 2. The van der Waals surface area contributed by atoms with Crippen LogP contribution in [0.15, 0.2) is 66.1 Å². The van der Waals surface area contributed by atoms with Gasteiger partial charge < -0.3 is 10.3 Å². The van der Waals surface area contributed by atoms with Gasteiger partial charge in [0.2, 0.25) is 0 Å². The molecule has 2 aromatic carbocycles. The maximum atomic E-state index is 14.6. The molecular weight excluding hydrogens is 545 g/mol. The molecule has 1 aliphatic carbocycles. The minimum atomic E-state index is -3.27. The molecule has 1 fully saturated rings. The Kier molecular flexibility index (Phi) is 7.08. The van der Waals surface area contributed by atoms with Crippen LogP contribution in [0.5, 0.6) is 0 Å². The molecule has 0 aliphatic heterocycles. The van der Waals surface area contributed by atoms with Crippen LogP contribution in [0.3, 0.4) is 0 Å². The summed E-state index contributed by atoms with van der Waals surface area (Å²) in [6.45, 7) is 0.519. The molecule has 3 heterocycles. The van der Waals surface area contributed by atoms with E-state index in [0.717, 1.165) is 37.1 Å². The molecule has 41 heavy (non-hydrogen) atoms. The van der Waals surface area contributed by atoms with Gasteiger partial charge in [-0.1, -0.05) is 25.0 Å². The number of nitrogens with zero attached hydrogens (tertiary/aromatic N) is 5. The Labute approximate surface area is 236 Å². The Bertz CT molecular complexity index is 1840. The lowest BCUT2D eigenvalue weighted by Crippen LogP contribution is -2.24. The molecule has 0 saturated heterocycles. The molecule has 0 spiro atoms. The van der Waals surface area contributed by atoms with Crippen LogP contribution in [0, 0.1) is 5.82 Å². The van der Waals surface area contributed by atoms with E-state index in [1.54, 1.807) is 47.4 Å². The molecule has 1 amide bonds. The molecule has 3 aromatic heterocycles. The first-order chi connectivity index (χ1) is 19.7. The van der Waals surface area contributed by atoms with Gasteiger partial charge in [-0.25, -0.2) is 27.8 Å². The quantitative estimate of drug-likeness (QED) is 0.281.